The van der Waals surface area contributed by atoms with E-state index in [-0.39, 0.29) is 5.54 Å². The molecule has 0 aromatic carbocycles. The lowest BCUT2D eigenvalue weighted by atomic mass is 10.0. The lowest BCUT2D eigenvalue weighted by Crippen LogP contribution is -2.38. The SMILES string of the molecule is CCCNc1cc(N2CCCC2(C)C)ccn1. The Morgan fingerprint density at radius 3 is 2.94 bits per heavy atom. The third-order valence-corrected chi connectivity index (χ3v) is 3.51. The van der Waals surface area contributed by atoms with Crippen LogP contribution in [0.3, 0.4) is 0 Å². The first-order valence-electron chi connectivity index (χ1n) is 6.61. The average Bonchev–Trinajstić information content (AvgIpc) is 2.67. The van der Waals surface area contributed by atoms with Gasteiger partial charge in [-0.25, -0.2) is 4.98 Å². The van der Waals surface area contributed by atoms with Crippen molar-refractivity contribution < 1.29 is 0 Å². The van der Waals surface area contributed by atoms with Crippen LogP contribution in [0.2, 0.25) is 0 Å². The van der Waals surface area contributed by atoms with E-state index in [1.807, 2.05) is 6.20 Å². The van der Waals surface area contributed by atoms with Crippen LogP contribution in [0.5, 0.6) is 0 Å². The second-order valence-electron chi connectivity index (χ2n) is 5.39. The molecule has 1 N–H and O–H groups in total. The zero-order chi connectivity index (χ0) is 12.3. The van der Waals surface area contributed by atoms with Crippen LogP contribution < -0.4 is 10.2 Å². The zero-order valence-electron chi connectivity index (χ0n) is 11.2. The van der Waals surface area contributed by atoms with Gasteiger partial charge in [0.15, 0.2) is 0 Å². The Morgan fingerprint density at radius 1 is 1.47 bits per heavy atom. The van der Waals surface area contributed by atoms with Gasteiger partial charge in [-0.05, 0) is 39.2 Å². The molecule has 94 valence electrons. The first kappa shape index (κ1) is 12.2. The monoisotopic (exact) mass is 233 g/mol. The molecule has 0 saturated carbocycles. The minimum atomic E-state index is 0.281. The van der Waals surface area contributed by atoms with E-state index in [2.05, 4.69) is 48.1 Å². The van der Waals surface area contributed by atoms with E-state index in [4.69, 9.17) is 0 Å². The number of aromatic nitrogens is 1. The third-order valence-electron chi connectivity index (χ3n) is 3.51. The summed E-state index contributed by atoms with van der Waals surface area (Å²) in [5, 5.41) is 3.35. The minimum Gasteiger partial charge on any atom is -0.370 e. The minimum absolute atomic E-state index is 0.281. The molecule has 1 aliphatic heterocycles. The summed E-state index contributed by atoms with van der Waals surface area (Å²) in [5.41, 5.74) is 1.57. The molecule has 2 rings (SSSR count). The van der Waals surface area contributed by atoms with Crippen molar-refractivity contribution in [2.75, 3.05) is 23.3 Å². The predicted molar refractivity (Wildman–Crippen MR) is 73.7 cm³/mol. The molecule has 0 unspecified atom stereocenters. The highest BCUT2D eigenvalue weighted by Gasteiger charge is 2.31. The molecule has 0 aliphatic carbocycles. The Kier molecular flexibility index (Phi) is 3.55. The lowest BCUT2D eigenvalue weighted by Gasteiger charge is -2.33. The topological polar surface area (TPSA) is 28.2 Å². The number of nitrogens with one attached hydrogen (secondary N) is 1. The molecule has 2 heterocycles. The molecule has 0 bridgehead atoms. The van der Waals surface area contributed by atoms with Crippen LogP contribution in [-0.4, -0.2) is 23.6 Å². The second-order valence-corrected chi connectivity index (χ2v) is 5.39. The number of anilines is 2. The van der Waals surface area contributed by atoms with Gasteiger partial charge in [-0.1, -0.05) is 6.92 Å². The maximum atomic E-state index is 4.36. The highest BCUT2D eigenvalue weighted by atomic mass is 15.2. The summed E-state index contributed by atoms with van der Waals surface area (Å²) < 4.78 is 0. The van der Waals surface area contributed by atoms with Crippen LogP contribution >= 0.6 is 0 Å². The van der Waals surface area contributed by atoms with Gasteiger partial charge in [0.25, 0.3) is 0 Å². The van der Waals surface area contributed by atoms with Gasteiger partial charge in [0, 0.05) is 36.6 Å². The molecule has 1 fully saturated rings. The van der Waals surface area contributed by atoms with Gasteiger partial charge in [0.05, 0.1) is 0 Å². The van der Waals surface area contributed by atoms with Crippen molar-refractivity contribution in [3.8, 4) is 0 Å². The van der Waals surface area contributed by atoms with E-state index < -0.39 is 0 Å². The van der Waals surface area contributed by atoms with Crippen LogP contribution in [0.4, 0.5) is 11.5 Å². The van der Waals surface area contributed by atoms with Gasteiger partial charge >= 0.3 is 0 Å². The molecule has 1 aromatic rings. The van der Waals surface area contributed by atoms with Crippen LogP contribution in [0.15, 0.2) is 18.3 Å². The number of hydrogen-bond acceptors (Lipinski definition) is 3. The fourth-order valence-corrected chi connectivity index (χ4v) is 2.52. The highest BCUT2D eigenvalue weighted by molar-refractivity contribution is 5.56. The third kappa shape index (κ3) is 2.71. The van der Waals surface area contributed by atoms with Crippen LogP contribution in [0.1, 0.15) is 40.0 Å². The van der Waals surface area contributed by atoms with Crippen LogP contribution in [0.25, 0.3) is 0 Å². The molecular formula is C14H23N3. The van der Waals surface area contributed by atoms with Gasteiger partial charge in [-0.2, -0.15) is 0 Å². The van der Waals surface area contributed by atoms with E-state index in [0.717, 1.165) is 25.3 Å². The molecule has 0 radical (unpaired) electrons. The quantitative estimate of drug-likeness (QED) is 0.865. The maximum absolute atomic E-state index is 4.36. The first-order chi connectivity index (χ1) is 8.13. The normalized spacial score (nSPS) is 18.4. The van der Waals surface area contributed by atoms with Gasteiger partial charge in [0.1, 0.15) is 5.82 Å². The number of hydrogen-bond donors (Lipinski definition) is 1. The number of pyridine rings is 1. The summed E-state index contributed by atoms with van der Waals surface area (Å²) in [7, 11) is 0. The van der Waals surface area contributed by atoms with E-state index >= 15 is 0 Å². The number of rotatable bonds is 4. The van der Waals surface area contributed by atoms with E-state index in [1.54, 1.807) is 0 Å². The Bertz CT molecular complexity index is 373. The molecule has 1 saturated heterocycles. The fourth-order valence-electron chi connectivity index (χ4n) is 2.52. The van der Waals surface area contributed by atoms with Gasteiger partial charge < -0.3 is 10.2 Å². The van der Waals surface area contributed by atoms with E-state index in [9.17, 15) is 0 Å². The molecule has 1 aliphatic rings. The Balaban J connectivity index is 2.15. The highest BCUT2D eigenvalue weighted by Crippen LogP contribution is 2.33. The fraction of sp³-hybridized carbons (Fsp3) is 0.643. The van der Waals surface area contributed by atoms with Gasteiger partial charge in [-0.15, -0.1) is 0 Å². The molecule has 3 heteroatoms. The lowest BCUT2D eigenvalue weighted by molar-refractivity contribution is 0.518. The summed E-state index contributed by atoms with van der Waals surface area (Å²) in [6.07, 6.45) is 5.59. The largest absolute Gasteiger partial charge is 0.370 e. The van der Waals surface area contributed by atoms with Gasteiger partial charge in [0.2, 0.25) is 0 Å². The molecule has 0 spiro atoms. The summed E-state index contributed by atoms with van der Waals surface area (Å²) in [6, 6.07) is 4.28. The summed E-state index contributed by atoms with van der Waals surface area (Å²) in [5.74, 6) is 0.993. The van der Waals surface area contributed by atoms with Crippen molar-refractivity contribution in [2.24, 2.45) is 0 Å². The first-order valence-corrected chi connectivity index (χ1v) is 6.61. The maximum Gasteiger partial charge on any atom is 0.127 e. The molecule has 0 amide bonds. The van der Waals surface area contributed by atoms with Crippen LogP contribution in [0, 0.1) is 0 Å². The van der Waals surface area contributed by atoms with Crippen molar-refractivity contribution in [3.05, 3.63) is 18.3 Å². The van der Waals surface area contributed by atoms with Crippen molar-refractivity contribution in [1.82, 2.24) is 4.98 Å². The summed E-state index contributed by atoms with van der Waals surface area (Å²) in [4.78, 5) is 6.85. The average molecular weight is 233 g/mol. The van der Waals surface area contributed by atoms with Crippen molar-refractivity contribution in [3.63, 3.8) is 0 Å². The number of nitrogens with zero attached hydrogens (tertiary/aromatic N) is 2. The van der Waals surface area contributed by atoms with Gasteiger partial charge in [-0.3, -0.25) is 0 Å². The zero-order valence-corrected chi connectivity index (χ0v) is 11.2. The van der Waals surface area contributed by atoms with E-state index in [0.29, 0.717) is 0 Å². The molecule has 17 heavy (non-hydrogen) atoms. The predicted octanol–water partition coefficient (Wildman–Crippen LogP) is 3.28. The second kappa shape index (κ2) is 4.94. The van der Waals surface area contributed by atoms with E-state index in [1.165, 1.54) is 18.5 Å². The smallest absolute Gasteiger partial charge is 0.127 e. The molecule has 3 nitrogen and oxygen atoms in total. The Hall–Kier alpha value is -1.25. The van der Waals surface area contributed by atoms with Crippen LogP contribution in [-0.2, 0) is 0 Å². The van der Waals surface area contributed by atoms with Crippen molar-refractivity contribution in [2.45, 2.75) is 45.6 Å². The van der Waals surface area contributed by atoms with Crippen molar-refractivity contribution in [1.29, 1.82) is 0 Å². The Labute approximate surface area is 104 Å². The summed E-state index contributed by atoms with van der Waals surface area (Å²) >= 11 is 0. The summed E-state index contributed by atoms with van der Waals surface area (Å²) in [6.45, 7) is 8.95. The molecule has 0 atom stereocenters. The molecular weight excluding hydrogens is 210 g/mol. The Morgan fingerprint density at radius 2 is 2.29 bits per heavy atom. The molecule has 1 aromatic heterocycles. The van der Waals surface area contributed by atoms with Crippen molar-refractivity contribution >= 4 is 11.5 Å². The standard InChI is InChI=1S/C14H23N3/c1-4-8-15-13-11-12(6-9-16-13)17-10-5-7-14(17,2)3/h6,9,11H,4-5,7-8,10H2,1-3H3,(H,15,16).